The number of nitrogens with one attached hydrogen (secondary N) is 2. The highest BCUT2D eigenvalue weighted by molar-refractivity contribution is 5.94. The van der Waals surface area contributed by atoms with Crippen molar-refractivity contribution < 1.29 is 22.8 Å². The van der Waals surface area contributed by atoms with E-state index in [-0.39, 0.29) is 18.4 Å². The Bertz CT molecular complexity index is 596. The molecule has 0 aliphatic heterocycles. The molecule has 0 bridgehead atoms. The molecule has 1 aromatic carbocycles. The standard InChI is InChI=1S/C16H22F3N3O2/c1-4-7-22(16(24)10(2)8-20-3)9-13(23)21-12-6-5-11(17)14(18)15(12)19/h5-6,10,20H,4,7-9H2,1-3H3,(H,21,23). The maximum Gasteiger partial charge on any atom is 0.244 e. The van der Waals surface area contributed by atoms with E-state index in [9.17, 15) is 22.8 Å². The van der Waals surface area contributed by atoms with Crippen LogP contribution in [-0.4, -0.2) is 43.4 Å². The van der Waals surface area contributed by atoms with E-state index < -0.39 is 29.0 Å². The minimum absolute atomic E-state index is 0.216. The van der Waals surface area contributed by atoms with E-state index in [2.05, 4.69) is 10.6 Å². The van der Waals surface area contributed by atoms with Crippen LogP contribution in [0.25, 0.3) is 0 Å². The lowest BCUT2D eigenvalue weighted by molar-refractivity contribution is -0.137. The molecule has 1 aromatic rings. The van der Waals surface area contributed by atoms with E-state index in [1.165, 1.54) is 4.90 Å². The average Bonchev–Trinajstić information content (AvgIpc) is 2.54. The number of halogens is 3. The van der Waals surface area contributed by atoms with Crippen LogP contribution in [0, 0.1) is 23.4 Å². The minimum atomic E-state index is -1.66. The van der Waals surface area contributed by atoms with Gasteiger partial charge in [0, 0.05) is 19.0 Å². The fourth-order valence-electron chi connectivity index (χ4n) is 2.23. The monoisotopic (exact) mass is 345 g/mol. The number of amides is 2. The van der Waals surface area contributed by atoms with Gasteiger partial charge in [-0.25, -0.2) is 13.2 Å². The number of anilines is 1. The fraction of sp³-hybridized carbons (Fsp3) is 0.500. The number of benzene rings is 1. The van der Waals surface area contributed by atoms with Gasteiger partial charge < -0.3 is 15.5 Å². The Hall–Kier alpha value is -2.09. The van der Waals surface area contributed by atoms with Crippen LogP contribution in [0.4, 0.5) is 18.9 Å². The molecule has 0 radical (unpaired) electrons. The molecule has 5 nitrogen and oxygen atoms in total. The van der Waals surface area contributed by atoms with Crippen molar-refractivity contribution in [2.24, 2.45) is 5.92 Å². The van der Waals surface area contributed by atoms with Crippen LogP contribution in [0.3, 0.4) is 0 Å². The van der Waals surface area contributed by atoms with Gasteiger partial charge in [-0.05, 0) is 25.6 Å². The number of hydrogen-bond donors (Lipinski definition) is 2. The second-order valence-electron chi connectivity index (χ2n) is 5.49. The molecule has 0 aliphatic rings. The Kier molecular flexibility index (Phi) is 7.70. The maximum absolute atomic E-state index is 13.6. The molecule has 2 amide bonds. The summed E-state index contributed by atoms with van der Waals surface area (Å²) in [6.07, 6.45) is 0.644. The van der Waals surface area contributed by atoms with Crippen molar-refractivity contribution in [3.8, 4) is 0 Å². The van der Waals surface area contributed by atoms with Crippen molar-refractivity contribution in [2.45, 2.75) is 20.3 Å². The van der Waals surface area contributed by atoms with Crippen LogP contribution >= 0.6 is 0 Å². The van der Waals surface area contributed by atoms with Gasteiger partial charge in [-0.3, -0.25) is 9.59 Å². The molecule has 0 aromatic heterocycles. The van der Waals surface area contributed by atoms with Gasteiger partial charge in [0.2, 0.25) is 11.8 Å². The van der Waals surface area contributed by atoms with Gasteiger partial charge >= 0.3 is 0 Å². The lowest BCUT2D eigenvalue weighted by atomic mass is 10.1. The first-order valence-corrected chi connectivity index (χ1v) is 7.68. The van der Waals surface area contributed by atoms with Crippen LogP contribution in [-0.2, 0) is 9.59 Å². The Morgan fingerprint density at radius 1 is 1.21 bits per heavy atom. The SMILES string of the molecule is CCCN(CC(=O)Nc1ccc(F)c(F)c1F)C(=O)C(C)CNC. The molecule has 0 spiro atoms. The zero-order valence-corrected chi connectivity index (χ0v) is 14.0. The van der Waals surface area contributed by atoms with E-state index in [1.54, 1.807) is 14.0 Å². The third kappa shape index (κ3) is 5.23. The number of rotatable bonds is 8. The van der Waals surface area contributed by atoms with Crippen LogP contribution in [0.1, 0.15) is 20.3 Å². The second-order valence-corrected chi connectivity index (χ2v) is 5.49. The first-order chi connectivity index (χ1) is 11.3. The van der Waals surface area contributed by atoms with Gasteiger partial charge in [-0.1, -0.05) is 13.8 Å². The maximum atomic E-state index is 13.6. The van der Waals surface area contributed by atoms with Crippen molar-refractivity contribution >= 4 is 17.5 Å². The third-order valence-corrected chi connectivity index (χ3v) is 3.38. The lowest BCUT2D eigenvalue weighted by Crippen LogP contribution is -2.43. The summed E-state index contributed by atoms with van der Waals surface area (Å²) < 4.78 is 39.6. The molecule has 1 atom stereocenters. The van der Waals surface area contributed by atoms with E-state index in [4.69, 9.17) is 0 Å². The predicted molar refractivity (Wildman–Crippen MR) is 84.9 cm³/mol. The molecule has 1 unspecified atom stereocenters. The molecule has 134 valence electrons. The molecule has 0 heterocycles. The van der Waals surface area contributed by atoms with Gasteiger partial charge in [0.15, 0.2) is 17.5 Å². The number of carbonyl (C=O) groups is 2. The van der Waals surface area contributed by atoms with Crippen LogP contribution in [0.15, 0.2) is 12.1 Å². The third-order valence-electron chi connectivity index (χ3n) is 3.38. The highest BCUT2D eigenvalue weighted by Crippen LogP contribution is 2.19. The van der Waals surface area contributed by atoms with Gasteiger partial charge in [-0.15, -0.1) is 0 Å². The second kappa shape index (κ2) is 9.27. The summed E-state index contributed by atoms with van der Waals surface area (Å²) in [5.41, 5.74) is -0.467. The summed E-state index contributed by atoms with van der Waals surface area (Å²) in [5, 5.41) is 5.05. The van der Waals surface area contributed by atoms with Crippen molar-refractivity contribution in [3.63, 3.8) is 0 Å². The topological polar surface area (TPSA) is 61.4 Å². The van der Waals surface area contributed by atoms with Crippen molar-refractivity contribution in [1.82, 2.24) is 10.2 Å². The van der Waals surface area contributed by atoms with E-state index in [0.29, 0.717) is 19.5 Å². The Morgan fingerprint density at radius 2 is 1.88 bits per heavy atom. The van der Waals surface area contributed by atoms with Gasteiger partial charge in [-0.2, -0.15) is 0 Å². The highest BCUT2D eigenvalue weighted by atomic mass is 19.2. The van der Waals surface area contributed by atoms with Crippen molar-refractivity contribution in [3.05, 3.63) is 29.6 Å². The molecule has 8 heteroatoms. The van der Waals surface area contributed by atoms with E-state index >= 15 is 0 Å². The summed E-state index contributed by atoms with van der Waals surface area (Å²) in [7, 11) is 1.71. The number of carbonyl (C=O) groups excluding carboxylic acids is 2. The molecule has 0 aliphatic carbocycles. The molecule has 2 N–H and O–H groups in total. The quantitative estimate of drug-likeness (QED) is 0.710. The summed E-state index contributed by atoms with van der Waals surface area (Å²) in [6.45, 7) is 4.11. The zero-order valence-electron chi connectivity index (χ0n) is 14.0. The Balaban J connectivity index is 2.79. The average molecular weight is 345 g/mol. The molecular weight excluding hydrogens is 323 g/mol. The van der Waals surface area contributed by atoms with E-state index in [0.717, 1.165) is 12.1 Å². The number of nitrogens with zero attached hydrogens (tertiary/aromatic N) is 1. The highest BCUT2D eigenvalue weighted by Gasteiger charge is 2.22. The molecular formula is C16H22F3N3O2. The smallest absolute Gasteiger partial charge is 0.244 e. The molecule has 0 saturated carbocycles. The Morgan fingerprint density at radius 3 is 2.46 bits per heavy atom. The Labute approximate surface area is 139 Å². The lowest BCUT2D eigenvalue weighted by Gasteiger charge is -2.25. The van der Waals surface area contributed by atoms with Gasteiger partial charge in [0.1, 0.15) is 0 Å². The van der Waals surface area contributed by atoms with Crippen LogP contribution in [0.5, 0.6) is 0 Å². The summed E-state index contributed by atoms with van der Waals surface area (Å²) in [5.74, 6) is -5.69. The predicted octanol–water partition coefficient (Wildman–Crippen LogP) is 2.14. The van der Waals surface area contributed by atoms with Gasteiger partial charge in [0.05, 0.1) is 12.2 Å². The number of hydrogen-bond acceptors (Lipinski definition) is 3. The summed E-state index contributed by atoms with van der Waals surface area (Å²) in [6, 6.07) is 1.65. The van der Waals surface area contributed by atoms with Crippen molar-refractivity contribution in [1.29, 1.82) is 0 Å². The molecule has 0 saturated heterocycles. The molecule has 1 rings (SSSR count). The van der Waals surface area contributed by atoms with Gasteiger partial charge in [0.25, 0.3) is 0 Å². The molecule has 0 fully saturated rings. The summed E-state index contributed by atoms with van der Waals surface area (Å²) in [4.78, 5) is 25.7. The van der Waals surface area contributed by atoms with E-state index in [1.807, 2.05) is 6.92 Å². The molecule has 24 heavy (non-hydrogen) atoms. The largest absolute Gasteiger partial charge is 0.333 e. The first-order valence-electron chi connectivity index (χ1n) is 7.68. The van der Waals surface area contributed by atoms with Crippen LogP contribution in [0.2, 0.25) is 0 Å². The van der Waals surface area contributed by atoms with Crippen LogP contribution < -0.4 is 10.6 Å². The first kappa shape index (κ1) is 20.0. The zero-order chi connectivity index (χ0) is 18.3. The van der Waals surface area contributed by atoms with Crippen molar-refractivity contribution in [2.75, 3.05) is 32.0 Å². The summed E-state index contributed by atoms with van der Waals surface area (Å²) >= 11 is 0. The minimum Gasteiger partial charge on any atom is -0.333 e. The normalized spacial score (nSPS) is 11.9. The fourth-order valence-corrected chi connectivity index (χ4v) is 2.23.